The van der Waals surface area contributed by atoms with Crippen molar-refractivity contribution < 1.29 is 18.9 Å². The van der Waals surface area contributed by atoms with Crippen LogP contribution < -0.4 is 14.4 Å². The van der Waals surface area contributed by atoms with Crippen LogP contribution >= 0.6 is 0 Å². The Hall–Kier alpha value is -2.84. The zero-order chi connectivity index (χ0) is 19.8. The normalized spacial score (nSPS) is 18.5. The van der Waals surface area contributed by atoms with Gasteiger partial charge in [0.2, 0.25) is 5.95 Å². The Balaban J connectivity index is 1.51. The van der Waals surface area contributed by atoms with Gasteiger partial charge in [0, 0.05) is 50.0 Å². The lowest BCUT2D eigenvalue weighted by Gasteiger charge is -2.38. The van der Waals surface area contributed by atoms with E-state index < -0.39 is 5.79 Å². The molecular formula is C21H24N4O4. The third-order valence-electron chi connectivity index (χ3n) is 5.67. The van der Waals surface area contributed by atoms with E-state index in [0.717, 1.165) is 48.8 Å². The van der Waals surface area contributed by atoms with Gasteiger partial charge in [-0.3, -0.25) is 4.40 Å². The molecule has 4 heterocycles. The van der Waals surface area contributed by atoms with Crippen LogP contribution in [0.15, 0.2) is 36.7 Å². The van der Waals surface area contributed by atoms with E-state index in [0.29, 0.717) is 24.7 Å². The Labute approximate surface area is 169 Å². The molecule has 29 heavy (non-hydrogen) atoms. The Bertz CT molecular complexity index is 1020. The summed E-state index contributed by atoms with van der Waals surface area (Å²) in [4.78, 5) is 11.8. The van der Waals surface area contributed by atoms with Gasteiger partial charge in [-0.2, -0.15) is 0 Å². The quantitative estimate of drug-likeness (QED) is 0.672. The van der Waals surface area contributed by atoms with E-state index in [2.05, 4.69) is 9.88 Å². The standard InChI is InChI=1S/C21H24N4O4/c1-26-17-4-3-15(13-18(17)27-2)16-14-19-22-7-10-25(19)20(23-16)24-8-5-21(6-9-24)28-11-12-29-21/h3-4,7,10,13-14H,5-6,8-9,11-12H2,1-2H3. The van der Waals surface area contributed by atoms with Crippen molar-refractivity contribution in [1.82, 2.24) is 14.4 Å². The molecular weight excluding hydrogens is 372 g/mol. The first kappa shape index (κ1) is 18.2. The predicted octanol–water partition coefficient (Wildman–Crippen LogP) is 2.76. The van der Waals surface area contributed by atoms with Gasteiger partial charge in [0.05, 0.1) is 33.1 Å². The summed E-state index contributed by atoms with van der Waals surface area (Å²) in [7, 11) is 3.26. The van der Waals surface area contributed by atoms with E-state index in [1.165, 1.54) is 0 Å². The molecule has 2 aliphatic heterocycles. The molecule has 0 aliphatic carbocycles. The average Bonchev–Trinajstić information content (AvgIpc) is 3.43. The number of benzene rings is 1. The van der Waals surface area contributed by atoms with E-state index in [-0.39, 0.29) is 0 Å². The molecule has 2 aromatic heterocycles. The first-order chi connectivity index (χ1) is 14.2. The van der Waals surface area contributed by atoms with Crippen molar-refractivity contribution >= 4 is 11.6 Å². The molecule has 2 saturated heterocycles. The van der Waals surface area contributed by atoms with Crippen LogP contribution in [0.4, 0.5) is 5.95 Å². The highest BCUT2D eigenvalue weighted by atomic mass is 16.7. The van der Waals surface area contributed by atoms with Gasteiger partial charge in [-0.1, -0.05) is 0 Å². The number of rotatable bonds is 4. The highest BCUT2D eigenvalue weighted by molar-refractivity contribution is 5.69. The number of nitrogens with zero attached hydrogens (tertiary/aromatic N) is 4. The monoisotopic (exact) mass is 396 g/mol. The maximum absolute atomic E-state index is 5.86. The summed E-state index contributed by atoms with van der Waals surface area (Å²) < 4.78 is 24.6. The van der Waals surface area contributed by atoms with Crippen molar-refractivity contribution in [3.05, 3.63) is 36.7 Å². The Morgan fingerprint density at radius 2 is 1.76 bits per heavy atom. The molecule has 2 aliphatic rings. The zero-order valence-corrected chi connectivity index (χ0v) is 16.6. The molecule has 152 valence electrons. The zero-order valence-electron chi connectivity index (χ0n) is 16.6. The van der Waals surface area contributed by atoms with Crippen LogP contribution in [-0.2, 0) is 9.47 Å². The van der Waals surface area contributed by atoms with Gasteiger partial charge in [-0.05, 0) is 18.2 Å². The van der Waals surface area contributed by atoms with Gasteiger partial charge in [-0.25, -0.2) is 9.97 Å². The molecule has 0 amide bonds. The topological polar surface area (TPSA) is 70.4 Å². The molecule has 0 N–H and O–H groups in total. The molecule has 1 spiro atoms. The number of imidazole rings is 1. The van der Waals surface area contributed by atoms with Gasteiger partial charge in [0.1, 0.15) is 5.65 Å². The maximum Gasteiger partial charge on any atom is 0.211 e. The summed E-state index contributed by atoms with van der Waals surface area (Å²) in [6.07, 6.45) is 5.40. The Morgan fingerprint density at radius 3 is 2.48 bits per heavy atom. The second-order valence-electron chi connectivity index (χ2n) is 7.26. The van der Waals surface area contributed by atoms with Crippen LogP contribution in [0.1, 0.15) is 12.8 Å². The molecule has 8 heteroatoms. The van der Waals surface area contributed by atoms with E-state index in [4.69, 9.17) is 23.9 Å². The molecule has 0 radical (unpaired) electrons. The third-order valence-corrected chi connectivity index (χ3v) is 5.67. The fourth-order valence-corrected chi connectivity index (χ4v) is 4.11. The Kier molecular flexibility index (Phi) is 4.52. The van der Waals surface area contributed by atoms with E-state index >= 15 is 0 Å². The number of ether oxygens (including phenoxy) is 4. The van der Waals surface area contributed by atoms with Crippen LogP contribution in [0.5, 0.6) is 11.5 Å². The molecule has 1 aromatic carbocycles. The number of aromatic nitrogens is 3. The number of fused-ring (bicyclic) bond motifs is 1. The second kappa shape index (κ2) is 7.20. The minimum atomic E-state index is -0.411. The minimum absolute atomic E-state index is 0.411. The molecule has 8 nitrogen and oxygen atoms in total. The van der Waals surface area contributed by atoms with Crippen molar-refractivity contribution in [3.8, 4) is 22.8 Å². The highest BCUT2D eigenvalue weighted by Crippen LogP contribution is 2.35. The molecule has 0 atom stereocenters. The summed E-state index contributed by atoms with van der Waals surface area (Å²) in [6, 6.07) is 7.80. The molecule has 0 bridgehead atoms. The number of anilines is 1. The van der Waals surface area contributed by atoms with Crippen molar-refractivity contribution in [3.63, 3.8) is 0 Å². The smallest absolute Gasteiger partial charge is 0.211 e. The van der Waals surface area contributed by atoms with Crippen LogP contribution in [0.2, 0.25) is 0 Å². The highest BCUT2D eigenvalue weighted by Gasteiger charge is 2.40. The minimum Gasteiger partial charge on any atom is -0.493 e. The number of hydrogen-bond donors (Lipinski definition) is 0. The lowest BCUT2D eigenvalue weighted by Crippen LogP contribution is -2.46. The summed E-state index contributed by atoms with van der Waals surface area (Å²) in [5.41, 5.74) is 2.65. The van der Waals surface area contributed by atoms with Crippen LogP contribution in [-0.4, -0.2) is 60.7 Å². The fraction of sp³-hybridized carbons (Fsp3) is 0.429. The first-order valence-electron chi connectivity index (χ1n) is 9.81. The average molecular weight is 396 g/mol. The lowest BCUT2D eigenvalue weighted by atomic mass is 10.0. The van der Waals surface area contributed by atoms with Crippen LogP contribution in [0, 0.1) is 0 Å². The molecule has 0 unspecified atom stereocenters. The molecule has 3 aromatic rings. The van der Waals surface area contributed by atoms with Crippen molar-refractivity contribution in [1.29, 1.82) is 0 Å². The lowest BCUT2D eigenvalue weighted by molar-refractivity contribution is -0.169. The number of hydrogen-bond acceptors (Lipinski definition) is 7. The number of methoxy groups -OCH3 is 2. The SMILES string of the molecule is COc1ccc(-c2cc3nccn3c(N3CCC4(CC3)OCCO4)n2)cc1OC. The van der Waals surface area contributed by atoms with Crippen molar-refractivity contribution in [2.45, 2.75) is 18.6 Å². The van der Waals surface area contributed by atoms with Gasteiger partial charge < -0.3 is 23.8 Å². The predicted molar refractivity (Wildman–Crippen MR) is 108 cm³/mol. The summed E-state index contributed by atoms with van der Waals surface area (Å²) in [6.45, 7) is 2.99. The van der Waals surface area contributed by atoms with E-state index in [1.807, 2.05) is 34.9 Å². The first-order valence-corrected chi connectivity index (χ1v) is 9.81. The van der Waals surface area contributed by atoms with E-state index in [1.54, 1.807) is 20.4 Å². The Morgan fingerprint density at radius 1 is 1.00 bits per heavy atom. The van der Waals surface area contributed by atoms with Gasteiger partial charge in [0.25, 0.3) is 0 Å². The van der Waals surface area contributed by atoms with Crippen molar-refractivity contribution in [2.24, 2.45) is 0 Å². The molecule has 2 fully saturated rings. The second-order valence-corrected chi connectivity index (χ2v) is 7.26. The maximum atomic E-state index is 5.86. The molecule has 0 saturated carbocycles. The van der Waals surface area contributed by atoms with Crippen LogP contribution in [0.3, 0.4) is 0 Å². The fourth-order valence-electron chi connectivity index (χ4n) is 4.11. The number of piperidine rings is 1. The van der Waals surface area contributed by atoms with Gasteiger partial charge >= 0.3 is 0 Å². The largest absolute Gasteiger partial charge is 0.493 e. The van der Waals surface area contributed by atoms with Crippen molar-refractivity contribution in [2.75, 3.05) is 45.4 Å². The summed E-state index contributed by atoms with van der Waals surface area (Å²) in [5, 5.41) is 0. The van der Waals surface area contributed by atoms with E-state index in [9.17, 15) is 0 Å². The summed E-state index contributed by atoms with van der Waals surface area (Å²) >= 11 is 0. The van der Waals surface area contributed by atoms with Crippen LogP contribution in [0.25, 0.3) is 16.9 Å². The van der Waals surface area contributed by atoms with Gasteiger partial charge in [-0.15, -0.1) is 0 Å². The van der Waals surface area contributed by atoms with Gasteiger partial charge in [0.15, 0.2) is 17.3 Å². The third kappa shape index (κ3) is 3.18. The molecule has 5 rings (SSSR count). The summed E-state index contributed by atoms with van der Waals surface area (Å²) in [5.74, 6) is 1.83.